The summed E-state index contributed by atoms with van der Waals surface area (Å²) in [6.45, 7) is 0. The van der Waals surface area contributed by atoms with Gasteiger partial charge in [0.15, 0.2) is 0 Å². The number of aromatic nitrogens is 1. The third-order valence-corrected chi connectivity index (χ3v) is 5.27. The fraction of sp³-hybridized carbons (Fsp3) is 0. The van der Waals surface area contributed by atoms with Gasteiger partial charge in [-0.3, -0.25) is 25.1 Å². The standard InChI is InChI=1S/C25H16N4O5/c30-24-21(25(31)28(27-24)17-7-2-1-3-8-17)14-20-19-9-5-4-6-16(19)10-12-22(20)34-23-13-11-18(15-26-23)29(32)33/h1-15H,(H,27,30)/b21-14-. The van der Waals surface area contributed by atoms with Crippen molar-refractivity contribution in [3.63, 3.8) is 0 Å². The van der Waals surface area contributed by atoms with Gasteiger partial charge < -0.3 is 4.74 Å². The van der Waals surface area contributed by atoms with E-state index in [1.807, 2.05) is 36.4 Å². The first-order chi connectivity index (χ1) is 16.5. The van der Waals surface area contributed by atoms with Gasteiger partial charge in [-0.2, -0.15) is 0 Å². The highest BCUT2D eigenvalue weighted by Gasteiger charge is 2.34. The van der Waals surface area contributed by atoms with Gasteiger partial charge in [-0.15, -0.1) is 0 Å². The molecular formula is C25H16N4O5. The zero-order valence-electron chi connectivity index (χ0n) is 17.5. The molecule has 1 aliphatic heterocycles. The molecular weight excluding hydrogens is 436 g/mol. The highest BCUT2D eigenvalue weighted by molar-refractivity contribution is 6.32. The smallest absolute Gasteiger partial charge is 0.287 e. The SMILES string of the molecule is O=C1NN(c2ccccc2)C(=O)/C1=C\c1c(Oc2ccc([N+](=O)[O-])cn2)ccc2ccccc12. The van der Waals surface area contributed by atoms with Crippen molar-refractivity contribution in [2.24, 2.45) is 0 Å². The van der Waals surface area contributed by atoms with Gasteiger partial charge >= 0.3 is 0 Å². The lowest BCUT2D eigenvalue weighted by Crippen LogP contribution is -2.35. The van der Waals surface area contributed by atoms with E-state index in [0.717, 1.165) is 17.0 Å². The lowest BCUT2D eigenvalue weighted by atomic mass is 10.0. The first-order valence-electron chi connectivity index (χ1n) is 10.2. The Morgan fingerprint density at radius 2 is 1.71 bits per heavy atom. The van der Waals surface area contributed by atoms with Crippen LogP contribution in [-0.4, -0.2) is 21.7 Å². The van der Waals surface area contributed by atoms with Crippen LogP contribution in [0.1, 0.15) is 5.56 Å². The van der Waals surface area contributed by atoms with Crippen LogP contribution in [0.15, 0.2) is 90.6 Å². The maximum Gasteiger partial charge on any atom is 0.287 e. The molecule has 1 saturated heterocycles. The molecule has 5 rings (SSSR count). The molecule has 0 radical (unpaired) electrons. The topological polar surface area (TPSA) is 115 Å². The summed E-state index contributed by atoms with van der Waals surface area (Å²) >= 11 is 0. The van der Waals surface area contributed by atoms with Crippen molar-refractivity contribution >= 4 is 40.0 Å². The summed E-state index contributed by atoms with van der Waals surface area (Å²) in [4.78, 5) is 40.1. The van der Waals surface area contributed by atoms with Crippen molar-refractivity contribution in [1.29, 1.82) is 0 Å². The van der Waals surface area contributed by atoms with Crippen molar-refractivity contribution in [2.75, 3.05) is 5.01 Å². The van der Waals surface area contributed by atoms with E-state index in [0.29, 0.717) is 17.0 Å². The number of carbonyl (C=O) groups is 2. The minimum absolute atomic E-state index is 0.0540. The Bertz CT molecular complexity index is 1470. The molecule has 34 heavy (non-hydrogen) atoms. The largest absolute Gasteiger partial charge is 0.438 e. The van der Waals surface area contributed by atoms with Crippen LogP contribution in [-0.2, 0) is 9.59 Å². The van der Waals surface area contributed by atoms with E-state index < -0.39 is 16.7 Å². The van der Waals surface area contributed by atoms with Gasteiger partial charge in [0.2, 0.25) is 5.88 Å². The molecule has 3 aromatic carbocycles. The van der Waals surface area contributed by atoms with E-state index in [9.17, 15) is 19.7 Å². The van der Waals surface area contributed by atoms with E-state index in [2.05, 4.69) is 10.4 Å². The number of hydrogen-bond acceptors (Lipinski definition) is 6. The summed E-state index contributed by atoms with van der Waals surface area (Å²) in [5, 5.41) is 13.7. The average molecular weight is 452 g/mol. The van der Waals surface area contributed by atoms with E-state index >= 15 is 0 Å². The number of benzene rings is 3. The van der Waals surface area contributed by atoms with Gasteiger partial charge in [0.05, 0.1) is 10.6 Å². The number of rotatable bonds is 5. The van der Waals surface area contributed by atoms with Crippen LogP contribution in [0.4, 0.5) is 11.4 Å². The summed E-state index contributed by atoms with van der Waals surface area (Å²) in [5.74, 6) is -0.565. The Labute approximate surface area is 193 Å². The van der Waals surface area contributed by atoms with Crippen LogP contribution in [0.2, 0.25) is 0 Å². The third kappa shape index (κ3) is 3.82. The molecule has 9 heteroatoms. The molecule has 0 saturated carbocycles. The van der Waals surface area contributed by atoms with Crippen molar-refractivity contribution in [3.05, 3.63) is 106 Å². The molecule has 1 N–H and O–H groups in total. The number of nitrogens with zero attached hydrogens (tertiary/aromatic N) is 3. The molecule has 1 fully saturated rings. The molecule has 1 aliphatic rings. The van der Waals surface area contributed by atoms with E-state index in [1.54, 1.807) is 30.3 Å². The Hall–Kier alpha value is -5.05. The average Bonchev–Trinajstić information content (AvgIpc) is 3.14. The van der Waals surface area contributed by atoms with E-state index in [4.69, 9.17) is 4.74 Å². The summed E-state index contributed by atoms with van der Waals surface area (Å²) in [7, 11) is 0. The normalized spacial score (nSPS) is 14.5. The molecule has 2 amide bonds. The molecule has 0 aliphatic carbocycles. The first kappa shape index (κ1) is 20.8. The number of nitro groups is 1. The van der Waals surface area contributed by atoms with Crippen LogP contribution in [0, 0.1) is 10.1 Å². The second-order valence-corrected chi connectivity index (χ2v) is 7.39. The van der Waals surface area contributed by atoms with Gasteiger partial charge in [-0.05, 0) is 35.0 Å². The molecule has 4 aromatic rings. The van der Waals surface area contributed by atoms with Crippen molar-refractivity contribution in [1.82, 2.24) is 10.4 Å². The molecule has 9 nitrogen and oxygen atoms in total. The number of amides is 2. The van der Waals surface area contributed by atoms with Gasteiger partial charge in [-0.1, -0.05) is 48.5 Å². The van der Waals surface area contributed by atoms with Crippen LogP contribution >= 0.6 is 0 Å². The molecule has 0 atom stereocenters. The predicted octanol–water partition coefficient (Wildman–Crippen LogP) is 4.40. The van der Waals surface area contributed by atoms with Gasteiger partial charge in [0, 0.05) is 17.7 Å². The molecule has 166 valence electrons. The number of nitrogens with one attached hydrogen (secondary N) is 1. The fourth-order valence-electron chi connectivity index (χ4n) is 3.63. The Morgan fingerprint density at radius 3 is 2.44 bits per heavy atom. The number of fused-ring (bicyclic) bond motifs is 1. The molecule has 0 unspecified atom stereocenters. The van der Waals surface area contributed by atoms with Crippen molar-refractivity contribution in [2.45, 2.75) is 0 Å². The van der Waals surface area contributed by atoms with Crippen LogP contribution in [0.3, 0.4) is 0 Å². The Balaban J connectivity index is 1.58. The van der Waals surface area contributed by atoms with Gasteiger partial charge in [0.25, 0.3) is 17.5 Å². The van der Waals surface area contributed by atoms with E-state index in [-0.39, 0.29) is 17.1 Å². The third-order valence-electron chi connectivity index (χ3n) is 5.27. The highest BCUT2D eigenvalue weighted by Crippen LogP contribution is 2.34. The lowest BCUT2D eigenvalue weighted by Gasteiger charge is -2.14. The van der Waals surface area contributed by atoms with Gasteiger partial charge in [0.1, 0.15) is 17.5 Å². The fourth-order valence-corrected chi connectivity index (χ4v) is 3.63. The highest BCUT2D eigenvalue weighted by atomic mass is 16.6. The maximum absolute atomic E-state index is 13.1. The summed E-state index contributed by atoms with van der Waals surface area (Å²) in [5.41, 5.74) is 3.41. The number of hydrazine groups is 1. The van der Waals surface area contributed by atoms with Crippen LogP contribution in [0.25, 0.3) is 16.8 Å². The monoisotopic (exact) mass is 452 g/mol. The molecule has 0 bridgehead atoms. The maximum atomic E-state index is 13.1. The van der Waals surface area contributed by atoms with Crippen molar-refractivity contribution < 1.29 is 19.2 Å². The Kier molecular flexibility index (Phi) is 5.19. The predicted molar refractivity (Wildman–Crippen MR) is 125 cm³/mol. The summed E-state index contributed by atoms with van der Waals surface area (Å²) in [6.07, 6.45) is 2.59. The minimum Gasteiger partial charge on any atom is -0.438 e. The first-order valence-corrected chi connectivity index (χ1v) is 10.2. The quantitative estimate of drug-likeness (QED) is 0.208. The number of pyridine rings is 1. The molecule has 1 aromatic heterocycles. The number of hydrogen-bond donors (Lipinski definition) is 1. The van der Waals surface area contributed by atoms with Gasteiger partial charge in [-0.25, -0.2) is 9.99 Å². The number of para-hydroxylation sites is 1. The number of ether oxygens (including phenoxy) is 1. The lowest BCUT2D eigenvalue weighted by molar-refractivity contribution is -0.385. The number of carbonyl (C=O) groups excluding carboxylic acids is 2. The zero-order chi connectivity index (χ0) is 23.7. The second-order valence-electron chi connectivity index (χ2n) is 7.39. The summed E-state index contributed by atoms with van der Waals surface area (Å²) < 4.78 is 5.91. The number of anilines is 1. The molecule has 0 spiro atoms. The van der Waals surface area contributed by atoms with Crippen LogP contribution < -0.4 is 15.2 Å². The van der Waals surface area contributed by atoms with Crippen LogP contribution in [0.5, 0.6) is 11.6 Å². The van der Waals surface area contributed by atoms with E-state index in [1.165, 1.54) is 23.2 Å². The minimum atomic E-state index is -0.550. The Morgan fingerprint density at radius 1 is 0.941 bits per heavy atom. The molecule has 2 heterocycles. The van der Waals surface area contributed by atoms with Crippen molar-refractivity contribution in [3.8, 4) is 11.6 Å². The zero-order valence-corrected chi connectivity index (χ0v) is 17.5. The second kappa shape index (κ2) is 8.47. The summed E-state index contributed by atoms with van der Waals surface area (Å²) in [6, 6.07) is 22.5.